The lowest BCUT2D eigenvalue weighted by Crippen LogP contribution is -2.36. The number of terminal acetylenes is 1. The van der Waals surface area contributed by atoms with Gasteiger partial charge in [0.2, 0.25) is 5.91 Å². The second kappa shape index (κ2) is 6.80. The number of nitrogens with one attached hydrogen (secondary N) is 1. The van der Waals surface area contributed by atoms with Crippen LogP contribution < -0.4 is 10.3 Å². The van der Waals surface area contributed by atoms with Gasteiger partial charge in [-0.05, 0) is 30.3 Å². The SMILES string of the molecule is C#Cc1cccc(NC(=O)C2=NN(c3ccccc3)C(=O)CC2)c1. The third kappa shape index (κ3) is 3.33. The molecule has 1 heterocycles. The largest absolute Gasteiger partial charge is 0.321 e. The van der Waals surface area contributed by atoms with Crippen molar-refractivity contribution in [2.24, 2.45) is 5.10 Å². The maximum absolute atomic E-state index is 12.4. The van der Waals surface area contributed by atoms with Crippen molar-refractivity contribution in [1.82, 2.24) is 0 Å². The smallest absolute Gasteiger partial charge is 0.271 e. The quantitative estimate of drug-likeness (QED) is 0.885. The summed E-state index contributed by atoms with van der Waals surface area (Å²) in [5, 5.41) is 8.26. The van der Waals surface area contributed by atoms with E-state index in [4.69, 9.17) is 6.42 Å². The van der Waals surface area contributed by atoms with E-state index in [1.807, 2.05) is 18.2 Å². The van der Waals surface area contributed by atoms with Crippen LogP contribution in [0.5, 0.6) is 0 Å². The van der Waals surface area contributed by atoms with Gasteiger partial charge in [-0.15, -0.1) is 6.42 Å². The lowest BCUT2D eigenvalue weighted by atomic mass is 10.1. The van der Waals surface area contributed by atoms with E-state index in [-0.39, 0.29) is 18.2 Å². The van der Waals surface area contributed by atoms with Crippen LogP contribution in [-0.2, 0) is 9.59 Å². The molecule has 0 spiro atoms. The number of carbonyl (C=O) groups is 2. The van der Waals surface area contributed by atoms with Crippen molar-refractivity contribution in [1.29, 1.82) is 0 Å². The molecule has 0 saturated carbocycles. The van der Waals surface area contributed by atoms with E-state index >= 15 is 0 Å². The van der Waals surface area contributed by atoms with Crippen molar-refractivity contribution in [3.63, 3.8) is 0 Å². The molecule has 2 aromatic carbocycles. The molecule has 1 N–H and O–H groups in total. The van der Waals surface area contributed by atoms with E-state index in [0.29, 0.717) is 29.1 Å². The number of rotatable bonds is 3. The standard InChI is InChI=1S/C19H15N3O2/c1-2-14-7-6-8-15(13-14)20-19(24)17-11-12-18(23)22(21-17)16-9-4-3-5-10-16/h1,3-10,13H,11-12H2,(H,20,24). The first-order valence-electron chi connectivity index (χ1n) is 7.51. The number of hydrogen-bond acceptors (Lipinski definition) is 3. The lowest BCUT2D eigenvalue weighted by Gasteiger charge is -2.23. The summed E-state index contributed by atoms with van der Waals surface area (Å²) < 4.78 is 0. The van der Waals surface area contributed by atoms with Gasteiger partial charge in [-0.3, -0.25) is 9.59 Å². The maximum atomic E-state index is 12.4. The van der Waals surface area contributed by atoms with E-state index in [1.165, 1.54) is 5.01 Å². The zero-order valence-electron chi connectivity index (χ0n) is 12.9. The summed E-state index contributed by atoms with van der Waals surface area (Å²) in [6, 6.07) is 16.1. The van der Waals surface area contributed by atoms with Crippen molar-refractivity contribution in [3.8, 4) is 12.3 Å². The second-order valence-corrected chi connectivity index (χ2v) is 5.27. The minimum atomic E-state index is -0.336. The Morgan fingerprint density at radius 1 is 1.12 bits per heavy atom. The van der Waals surface area contributed by atoms with E-state index in [1.54, 1.807) is 36.4 Å². The molecule has 2 aromatic rings. The minimum Gasteiger partial charge on any atom is -0.321 e. The van der Waals surface area contributed by atoms with Crippen LogP contribution in [0.4, 0.5) is 11.4 Å². The summed E-state index contributed by atoms with van der Waals surface area (Å²) in [4.78, 5) is 24.5. The van der Waals surface area contributed by atoms with Gasteiger partial charge < -0.3 is 5.32 Å². The molecule has 118 valence electrons. The molecule has 0 aromatic heterocycles. The minimum absolute atomic E-state index is 0.132. The molecule has 0 saturated heterocycles. The van der Waals surface area contributed by atoms with Crippen molar-refractivity contribution in [3.05, 3.63) is 60.2 Å². The molecule has 1 aliphatic rings. The molecule has 0 aliphatic carbocycles. The third-order valence-corrected chi connectivity index (χ3v) is 3.58. The monoisotopic (exact) mass is 317 g/mol. The summed E-state index contributed by atoms with van der Waals surface area (Å²) in [7, 11) is 0. The zero-order chi connectivity index (χ0) is 16.9. The highest BCUT2D eigenvalue weighted by Crippen LogP contribution is 2.20. The Morgan fingerprint density at radius 3 is 2.67 bits per heavy atom. The van der Waals surface area contributed by atoms with Crippen LogP contribution in [0, 0.1) is 12.3 Å². The molecule has 5 heteroatoms. The van der Waals surface area contributed by atoms with Gasteiger partial charge in [-0.25, -0.2) is 5.01 Å². The van der Waals surface area contributed by atoms with Crippen LogP contribution in [0.2, 0.25) is 0 Å². The van der Waals surface area contributed by atoms with E-state index < -0.39 is 0 Å². The molecule has 0 bridgehead atoms. The number of benzene rings is 2. The normalized spacial score (nSPS) is 13.9. The average Bonchev–Trinajstić information content (AvgIpc) is 2.63. The van der Waals surface area contributed by atoms with Crippen molar-refractivity contribution in [2.45, 2.75) is 12.8 Å². The molecule has 3 rings (SSSR count). The molecule has 0 fully saturated rings. The fourth-order valence-corrected chi connectivity index (χ4v) is 2.38. The van der Waals surface area contributed by atoms with E-state index in [9.17, 15) is 9.59 Å². The summed E-state index contributed by atoms with van der Waals surface area (Å²) >= 11 is 0. The maximum Gasteiger partial charge on any atom is 0.271 e. The number of anilines is 2. The molecular formula is C19H15N3O2. The van der Waals surface area contributed by atoms with Gasteiger partial charge >= 0.3 is 0 Å². The first-order valence-corrected chi connectivity index (χ1v) is 7.51. The number of hydrazone groups is 1. The Morgan fingerprint density at radius 2 is 1.92 bits per heavy atom. The molecular weight excluding hydrogens is 302 g/mol. The zero-order valence-corrected chi connectivity index (χ0v) is 12.9. The van der Waals surface area contributed by atoms with E-state index in [0.717, 1.165) is 0 Å². The Hall–Kier alpha value is -3.39. The Kier molecular flexibility index (Phi) is 4.39. The summed E-state index contributed by atoms with van der Waals surface area (Å²) in [6.07, 6.45) is 5.91. The molecule has 2 amide bonds. The second-order valence-electron chi connectivity index (χ2n) is 5.27. The van der Waals surface area contributed by atoms with Gasteiger partial charge in [0.15, 0.2) is 0 Å². The number of amides is 2. The highest BCUT2D eigenvalue weighted by atomic mass is 16.2. The number of nitrogens with zero attached hydrogens (tertiary/aromatic N) is 2. The number of hydrogen-bond donors (Lipinski definition) is 1. The molecule has 1 aliphatic heterocycles. The molecule has 0 unspecified atom stereocenters. The third-order valence-electron chi connectivity index (χ3n) is 3.58. The van der Waals surface area contributed by atoms with Gasteiger partial charge in [0.25, 0.3) is 5.91 Å². The molecule has 24 heavy (non-hydrogen) atoms. The molecule has 0 radical (unpaired) electrons. The van der Waals surface area contributed by atoms with E-state index in [2.05, 4.69) is 16.3 Å². The fraction of sp³-hybridized carbons (Fsp3) is 0.105. The van der Waals surface area contributed by atoms with Crippen LogP contribution in [0.3, 0.4) is 0 Å². The van der Waals surface area contributed by atoms with Crippen LogP contribution in [0.1, 0.15) is 18.4 Å². The number of para-hydroxylation sites is 1. The Labute approximate surface area is 140 Å². The topological polar surface area (TPSA) is 61.8 Å². The summed E-state index contributed by atoms with van der Waals surface area (Å²) in [6.45, 7) is 0. The first-order chi connectivity index (χ1) is 11.7. The van der Waals surface area contributed by atoms with Gasteiger partial charge in [0, 0.05) is 24.1 Å². The first kappa shape index (κ1) is 15.5. The predicted octanol–water partition coefficient (Wildman–Crippen LogP) is 2.79. The Balaban J connectivity index is 1.81. The van der Waals surface area contributed by atoms with Crippen LogP contribution in [0.15, 0.2) is 59.7 Å². The lowest BCUT2D eigenvalue weighted by molar-refractivity contribution is -0.118. The fourth-order valence-electron chi connectivity index (χ4n) is 2.38. The molecule has 5 nitrogen and oxygen atoms in total. The highest BCUT2D eigenvalue weighted by Gasteiger charge is 2.25. The number of carbonyl (C=O) groups excluding carboxylic acids is 2. The van der Waals surface area contributed by atoms with Gasteiger partial charge in [-0.1, -0.05) is 30.2 Å². The Bertz CT molecular complexity index is 850. The van der Waals surface area contributed by atoms with Crippen molar-refractivity contribution < 1.29 is 9.59 Å². The predicted molar refractivity (Wildman–Crippen MR) is 93.6 cm³/mol. The molecule has 0 atom stereocenters. The van der Waals surface area contributed by atoms with Crippen LogP contribution in [-0.4, -0.2) is 17.5 Å². The van der Waals surface area contributed by atoms with Crippen molar-refractivity contribution >= 4 is 28.9 Å². The van der Waals surface area contributed by atoms with Gasteiger partial charge in [-0.2, -0.15) is 5.10 Å². The average molecular weight is 317 g/mol. The highest BCUT2D eigenvalue weighted by molar-refractivity contribution is 6.44. The van der Waals surface area contributed by atoms with Crippen molar-refractivity contribution in [2.75, 3.05) is 10.3 Å². The van der Waals surface area contributed by atoms with Crippen LogP contribution >= 0.6 is 0 Å². The van der Waals surface area contributed by atoms with Gasteiger partial charge in [0.1, 0.15) is 5.71 Å². The van der Waals surface area contributed by atoms with Crippen LogP contribution in [0.25, 0.3) is 0 Å². The van der Waals surface area contributed by atoms with Gasteiger partial charge in [0.05, 0.1) is 5.69 Å². The summed E-state index contributed by atoms with van der Waals surface area (Å²) in [5.74, 6) is 2.05. The summed E-state index contributed by atoms with van der Waals surface area (Å²) in [5.41, 5.74) is 2.23.